The van der Waals surface area contributed by atoms with Gasteiger partial charge in [-0.25, -0.2) is 9.97 Å². The molecule has 1 aromatic rings. The predicted molar refractivity (Wildman–Crippen MR) is 65.2 cm³/mol. The van der Waals surface area contributed by atoms with Crippen molar-refractivity contribution >= 4 is 5.95 Å². The molecule has 0 amide bonds. The maximum Gasteiger partial charge on any atom is 0.223 e. The molecule has 2 heterocycles. The van der Waals surface area contributed by atoms with Gasteiger partial charge in [-0.15, -0.1) is 0 Å². The summed E-state index contributed by atoms with van der Waals surface area (Å²) < 4.78 is 10.9. The van der Waals surface area contributed by atoms with Crippen LogP contribution in [0.25, 0.3) is 0 Å². The molecule has 0 saturated carbocycles. The number of aromatic nitrogens is 2. The Labute approximate surface area is 102 Å². The Morgan fingerprint density at radius 3 is 2.65 bits per heavy atom. The minimum absolute atomic E-state index is 0.235. The van der Waals surface area contributed by atoms with Gasteiger partial charge in [0, 0.05) is 38.1 Å². The normalized spacial score (nSPS) is 23.9. The summed E-state index contributed by atoms with van der Waals surface area (Å²) in [6, 6.07) is 1.95. The van der Waals surface area contributed by atoms with E-state index in [1.807, 2.05) is 19.9 Å². The molecule has 5 heteroatoms. The minimum Gasteiger partial charge on any atom is -0.378 e. The average Bonchev–Trinajstić information content (AvgIpc) is 2.74. The van der Waals surface area contributed by atoms with E-state index in [-0.39, 0.29) is 5.60 Å². The largest absolute Gasteiger partial charge is 0.378 e. The summed E-state index contributed by atoms with van der Waals surface area (Å²) in [7, 11) is 1.72. The van der Waals surface area contributed by atoms with Crippen LogP contribution in [-0.4, -0.2) is 42.4 Å². The maximum atomic E-state index is 5.54. The number of methoxy groups -OCH3 is 1. The van der Waals surface area contributed by atoms with Gasteiger partial charge in [-0.3, -0.25) is 0 Å². The van der Waals surface area contributed by atoms with Crippen LogP contribution in [0.4, 0.5) is 5.95 Å². The monoisotopic (exact) mass is 237 g/mol. The second-order valence-corrected chi connectivity index (χ2v) is 4.52. The summed E-state index contributed by atoms with van der Waals surface area (Å²) in [5.74, 6) is 0.658. The Kier molecular flexibility index (Phi) is 3.59. The van der Waals surface area contributed by atoms with Gasteiger partial charge in [-0.05, 0) is 19.9 Å². The molecule has 1 saturated heterocycles. The minimum atomic E-state index is -0.235. The first-order valence-corrected chi connectivity index (χ1v) is 5.83. The Bertz CT molecular complexity index is 369. The molecule has 0 spiro atoms. The number of aryl methyl sites for hydroxylation is 2. The number of ether oxygens (including phenoxy) is 2. The zero-order valence-electron chi connectivity index (χ0n) is 10.6. The molecule has 94 valence electrons. The first-order chi connectivity index (χ1) is 8.13. The van der Waals surface area contributed by atoms with E-state index in [0.717, 1.165) is 24.4 Å². The van der Waals surface area contributed by atoms with Crippen LogP contribution in [0, 0.1) is 13.8 Å². The van der Waals surface area contributed by atoms with E-state index in [2.05, 4.69) is 15.3 Å². The fraction of sp³-hybridized carbons (Fsp3) is 0.667. The van der Waals surface area contributed by atoms with E-state index >= 15 is 0 Å². The van der Waals surface area contributed by atoms with Gasteiger partial charge in [0.2, 0.25) is 5.95 Å². The van der Waals surface area contributed by atoms with Crippen LogP contribution < -0.4 is 5.32 Å². The molecule has 1 aliphatic rings. The number of anilines is 1. The van der Waals surface area contributed by atoms with Gasteiger partial charge in [0.1, 0.15) is 5.60 Å². The molecule has 1 aromatic heterocycles. The molecule has 17 heavy (non-hydrogen) atoms. The highest BCUT2D eigenvalue weighted by Gasteiger charge is 2.34. The van der Waals surface area contributed by atoms with E-state index in [4.69, 9.17) is 9.47 Å². The van der Waals surface area contributed by atoms with Crippen molar-refractivity contribution in [1.82, 2.24) is 9.97 Å². The Balaban J connectivity index is 2.01. The fourth-order valence-electron chi connectivity index (χ4n) is 2.01. The third kappa shape index (κ3) is 2.92. The third-order valence-corrected chi connectivity index (χ3v) is 3.05. The van der Waals surface area contributed by atoms with E-state index in [0.29, 0.717) is 19.1 Å². The lowest BCUT2D eigenvalue weighted by Crippen LogP contribution is -2.40. The second kappa shape index (κ2) is 4.98. The number of hydrogen-bond donors (Lipinski definition) is 1. The quantitative estimate of drug-likeness (QED) is 0.855. The molecule has 1 aliphatic heterocycles. The van der Waals surface area contributed by atoms with Gasteiger partial charge in [0.25, 0.3) is 0 Å². The molecule has 0 aliphatic carbocycles. The van der Waals surface area contributed by atoms with E-state index in [9.17, 15) is 0 Å². The van der Waals surface area contributed by atoms with Gasteiger partial charge in [0.15, 0.2) is 0 Å². The van der Waals surface area contributed by atoms with E-state index in [1.165, 1.54) is 0 Å². The highest BCUT2D eigenvalue weighted by molar-refractivity contribution is 5.28. The van der Waals surface area contributed by atoms with Gasteiger partial charge in [0.05, 0.1) is 6.61 Å². The molecule has 0 bridgehead atoms. The van der Waals surface area contributed by atoms with Crippen molar-refractivity contribution < 1.29 is 9.47 Å². The van der Waals surface area contributed by atoms with Crippen molar-refractivity contribution in [2.45, 2.75) is 25.9 Å². The Hall–Kier alpha value is -1.20. The first kappa shape index (κ1) is 12.3. The van der Waals surface area contributed by atoms with E-state index < -0.39 is 0 Å². The summed E-state index contributed by atoms with van der Waals surface area (Å²) in [6.45, 7) is 5.98. The highest BCUT2D eigenvalue weighted by Crippen LogP contribution is 2.22. The SMILES string of the molecule is COC1(CNc2nc(C)cc(C)n2)CCOC1. The van der Waals surface area contributed by atoms with Crippen LogP contribution in [0.1, 0.15) is 17.8 Å². The van der Waals surface area contributed by atoms with Crippen LogP contribution in [0.3, 0.4) is 0 Å². The molecule has 1 atom stereocenters. The van der Waals surface area contributed by atoms with Gasteiger partial charge in [-0.1, -0.05) is 0 Å². The number of nitrogens with one attached hydrogen (secondary N) is 1. The van der Waals surface area contributed by atoms with Crippen LogP contribution in [0.15, 0.2) is 6.07 Å². The Morgan fingerprint density at radius 1 is 1.41 bits per heavy atom. The van der Waals surface area contributed by atoms with Gasteiger partial charge < -0.3 is 14.8 Å². The lowest BCUT2D eigenvalue weighted by molar-refractivity contribution is -0.00631. The number of nitrogens with zero attached hydrogens (tertiary/aromatic N) is 2. The Morgan fingerprint density at radius 2 is 2.12 bits per heavy atom. The molecule has 1 N–H and O–H groups in total. The fourth-order valence-corrected chi connectivity index (χ4v) is 2.01. The van der Waals surface area contributed by atoms with Crippen molar-refractivity contribution in [3.8, 4) is 0 Å². The number of hydrogen-bond acceptors (Lipinski definition) is 5. The highest BCUT2D eigenvalue weighted by atomic mass is 16.5. The van der Waals surface area contributed by atoms with Crippen LogP contribution in [-0.2, 0) is 9.47 Å². The van der Waals surface area contributed by atoms with Crippen LogP contribution in [0.5, 0.6) is 0 Å². The number of rotatable bonds is 4. The van der Waals surface area contributed by atoms with Crippen LogP contribution >= 0.6 is 0 Å². The van der Waals surface area contributed by atoms with Crippen molar-refractivity contribution in [2.75, 3.05) is 32.2 Å². The summed E-state index contributed by atoms with van der Waals surface area (Å²) in [4.78, 5) is 8.68. The molecule has 0 radical (unpaired) electrons. The summed E-state index contributed by atoms with van der Waals surface area (Å²) >= 11 is 0. The summed E-state index contributed by atoms with van der Waals surface area (Å²) in [5.41, 5.74) is 1.70. The molecule has 0 aromatic carbocycles. The van der Waals surface area contributed by atoms with Crippen molar-refractivity contribution in [3.05, 3.63) is 17.5 Å². The zero-order chi connectivity index (χ0) is 12.3. The molecule has 5 nitrogen and oxygen atoms in total. The van der Waals surface area contributed by atoms with Crippen molar-refractivity contribution in [3.63, 3.8) is 0 Å². The lowest BCUT2D eigenvalue weighted by atomic mass is 10.0. The van der Waals surface area contributed by atoms with Gasteiger partial charge in [-0.2, -0.15) is 0 Å². The van der Waals surface area contributed by atoms with Crippen molar-refractivity contribution in [1.29, 1.82) is 0 Å². The molecule has 1 unspecified atom stereocenters. The third-order valence-electron chi connectivity index (χ3n) is 3.05. The maximum absolute atomic E-state index is 5.54. The topological polar surface area (TPSA) is 56.3 Å². The van der Waals surface area contributed by atoms with Crippen LogP contribution in [0.2, 0.25) is 0 Å². The molecule has 2 rings (SSSR count). The average molecular weight is 237 g/mol. The predicted octanol–water partition coefficient (Wildman–Crippen LogP) is 1.31. The summed E-state index contributed by atoms with van der Waals surface area (Å²) in [5, 5.41) is 3.23. The van der Waals surface area contributed by atoms with E-state index in [1.54, 1.807) is 7.11 Å². The second-order valence-electron chi connectivity index (χ2n) is 4.52. The zero-order valence-corrected chi connectivity index (χ0v) is 10.6. The smallest absolute Gasteiger partial charge is 0.223 e. The standard InChI is InChI=1S/C12H19N3O2/c1-9-6-10(2)15-11(14-9)13-7-12(16-3)4-5-17-8-12/h6H,4-5,7-8H2,1-3H3,(H,13,14,15). The summed E-state index contributed by atoms with van der Waals surface area (Å²) in [6.07, 6.45) is 0.904. The van der Waals surface area contributed by atoms with Crippen molar-refractivity contribution in [2.24, 2.45) is 0 Å². The molecular weight excluding hydrogens is 218 g/mol. The first-order valence-electron chi connectivity index (χ1n) is 5.83. The molecular formula is C12H19N3O2. The lowest BCUT2D eigenvalue weighted by Gasteiger charge is -2.25. The molecule has 1 fully saturated rings. The van der Waals surface area contributed by atoms with Gasteiger partial charge >= 0.3 is 0 Å².